The lowest BCUT2D eigenvalue weighted by Crippen LogP contribution is -2.35. The van der Waals surface area contributed by atoms with Gasteiger partial charge in [-0.1, -0.05) is 12.1 Å². The number of aryl methyl sites for hydroxylation is 1. The van der Waals surface area contributed by atoms with Crippen LogP contribution in [0.15, 0.2) is 30.3 Å². The first-order valence-corrected chi connectivity index (χ1v) is 8.89. The van der Waals surface area contributed by atoms with E-state index >= 15 is 0 Å². The molecular formula is C18H20N2O4S. The SMILES string of the molecule is COc1ccc(CCC(=O)N2CCc3sc(C(=O)NO)cc3C2)cc1. The molecule has 132 valence electrons. The van der Waals surface area contributed by atoms with Crippen LogP contribution in [0, 0.1) is 0 Å². The number of nitrogens with zero attached hydrogens (tertiary/aromatic N) is 1. The topological polar surface area (TPSA) is 78.9 Å². The smallest absolute Gasteiger partial charge is 0.284 e. The molecule has 0 unspecified atom stereocenters. The highest BCUT2D eigenvalue weighted by Gasteiger charge is 2.24. The van der Waals surface area contributed by atoms with Gasteiger partial charge in [0.1, 0.15) is 5.75 Å². The number of thiophene rings is 1. The predicted molar refractivity (Wildman–Crippen MR) is 94.0 cm³/mol. The molecule has 1 aromatic carbocycles. The number of carbonyl (C=O) groups excluding carboxylic acids is 2. The Morgan fingerprint density at radius 1 is 1.32 bits per heavy atom. The van der Waals surface area contributed by atoms with Gasteiger partial charge in [0, 0.05) is 24.4 Å². The summed E-state index contributed by atoms with van der Waals surface area (Å²) >= 11 is 1.37. The molecule has 0 bridgehead atoms. The van der Waals surface area contributed by atoms with Crippen LogP contribution in [0.25, 0.3) is 0 Å². The Hall–Kier alpha value is -2.38. The van der Waals surface area contributed by atoms with Gasteiger partial charge in [-0.15, -0.1) is 11.3 Å². The number of hydrogen-bond donors (Lipinski definition) is 2. The Morgan fingerprint density at radius 2 is 2.08 bits per heavy atom. The fraction of sp³-hybridized carbons (Fsp3) is 0.333. The molecule has 2 N–H and O–H groups in total. The van der Waals surface area contributed by atoms with Crippen molar-refractivity contribution < 1.29 is 19.5 Å². The second kappa shape index (κ2) is 7.67. The summed E-state index contributed by atoms with van der Waals surface area (Å²) < 4.78 is 5.13. The molecule has 1 aliphatic rings. The van der Waals surface area contributed by atoms with E-state index in [2.05, 4.69) is 0 Å². The Labute approximate surface area is 150 Å². The van der Waals surface area contributed by atoms with Crippen LogP contribution >= 0.6 is 11.3 Å². The van der Waals surface area contributed by atoms with Crippen molar-refractivity contribution in [3.63, 3.8) is 0 Å². The van der Waals surface area contributed by atoms with Crippen molar-refractivity contribution in [3.8, 4) is 5.75 Å². The van der Waals surface area contributed by atoms with Gasteiger partial charge in [0.05, 0.1) is 12.0 Å². The average Bonchev–Trinajstić information content (AvgIpc) is 3.09. The molecule has 1 aliphatic heterocycles. The normalized spacial score (nSPS) is 13.3. The summed E-state index contributed by atoms with van der Waals surface area (Å²) in [5, 5.41) is 8.74. The molecule has 25 heavy (non-hydrogen) atoms. The highest BCUT2D eigenvalue weighted by atomic mass is 32.1. The lowest BCUT2D eigenvalue weighted by molar-refractivity contribution is -0.132. The molecule has 0 aliphatic carbocycles. The van der Waals surface area contributed by atoms with Crippen molar-refractivity contribution in [2.24, 2.45) is 0 Å². The van der Waals surface area contributed by atoms with Gasteiger partial charge in [-0.3, -0.25) is 14.8 Å². The van der Waals surface area contributed by atoms with E-state index in [9.17, 15) is 9.59 Å². The summed E-state index contributed by atoms with van der Waals surface area (Å²) in [5.74, 6) is 0.413. The van der Waals surface area contributed by atoms with Gasteiger partial charge in [-0.05, 0) is 42.2 Å². The van der Waals surface area contributed by atoms with Crippen molar-refractivity contribution in [3.05, 3.63) is 51.2 Å². The molecular weight excluding hydrogens is 340 g/mol. The van der Waals surface area contributed by atoms with E-state index in [0.29, 0.717) is 30.8 Å². The number of carbonyl (C=O) groups is 2. The zero-order valence-electron chi connectivity index (χ0n) is 13.9. The van der Waals surface area contributed by atoms with Crippen LogP contribution in [0.5, 0.6) is 5.75 Å². The molecule has 0 fully saturated rings. The summed E-state index contributed by atoms with van der Waals surface area (Å²) in [6, 6.07) is 9.49. The first-order chi connectivity index (χ1) is 12.1. The van der Waals surface area contributed by atoms with Gasteiger partial charge in [0.15, 0.2) is 0 Å². The molecule has 0 radical (unpaired) electrons. The number of amides is 2. The first-order valence-electron chi connectivity index (χ1n) is 8.07. The van der Waals surface area contributed by atoms with Crippen LogP contribution in [0.2, 0.25) is 0 Å². The number of rotatable bonds is 5. The zero-order chi connectivity index (χ0) is 17.8. The standard InChI is InChI=1S/C18H20N2O4S/c1-24-14-5-2-12(3-6-14)4-7-17(21)20-9-8-15-13(11-20)10-16(25-15)18(22)19-23/h2-3,5-6,10,23H,4,7-9,11H2,1H3,(H,19,22). The van der Waals surface area contributed by atoms with Gasteiger partial charge >= 0.3 is 0 Å². The summed E-state index contributed by atoms with van der Waals surface area (Å²) in [5.41, 5.74) is 3.75. The summed E-state index contributed by atoms with van der Waals surface area (Å²) in [6.45, 7) is 1.18. The molecule has 0 spiro atoms. The third kappa shape index (κ3) is 4.00. The average molecular weight is 360 g/mol. The Balaban J connectivity index is 1.58. The van der Waals surface area contributed by atoms with Crippen molar-refractivity contribution >= 4 is 23.2 Å². The lowest BCUT2D eigenvalue weighted by atomic mass is 10.1. The quantitative estimate of drug-likeness (QED) is 0.634. The zero-order valence-corrected chi connectivity index (χ0v) is 14.8. The third-order valence-corrected chi connectivity index (χ3v) is 5.57. The molecule has 2 heterocycles. The maximum absolute atomic E-state index is 12.5. The molecule has 0 atom stereocenters. The fourth-order valence-electron chi connectivity index (χ4n) is 2.91. The maximum atomic E-state index is 12.5. The fourth-order valence-corrected chi connectivity index (χ4v) is 3.97. The summed E-state index contributed by atoms with van der Waals surface area (Å²) in [6.07, 6.45) is 1.89. The van der Waals surface area contributed by atoms with E-state index in [0.717, 1.165) is 28.2 Å². The number of hydroxylamine groups is 1. The Bertz CT molecular complexity index is 770. The molecule has 7 heteroatoms. The molecule has 6 nitrogen and oxygen atoms in total. The molecule has 2 aromatic rings. The lowest BCUT2D eigenvalue weighted by Gasteiger charge is -2.27. The minimum absolute atomic E-state index is 0.112. The van der Waals surface area contributed by atoms with Gasteiger partial charge in [0.2, 0.25) is 5.91 Å². The van der Waals surface area contributed by atoms with Crippen molar-refractivity contribution in [1.82, 2.24) is 10.4 Å². The van der Waals surface area contributed by atoms with Crippen LogP contribution < -0.4 is 10.2 Å². The Kier molecular flexibility index (Phi) is 5.35. The van der Waals surface area contributed by atoms with Gasteiger partial charge in [0.25, 0.3) is 5.91 Å². The first kappa shape index (κ1) is 17.4. The molecule has 1 aromatic heterocycles. The van der Waals surface area contributed by atoms with Gasteiger partial charge < -0.3 is 9.64 Å². The van der Waals surface area contributed by atoms with E-state index < -0.39 is 5.91 Å². The van der Waals surface area contributed by atoms with Crippen LogP contribution in [-0.4, -0.2) is 35.6 Å². The summed E-state index contributed by atoms with van der Waals surface area (Å²) in [4.78, 5) is 27.4. The van der Waals surface area contributed by atoms with E-state index in [-0.39, 0.29) is 5.91 Å². The highest BCUT2D eigenvalue weighted by molar-refractivity contribution is 7.14. The number of fused-ring (bicyclic) bond motifs is 1. The maximum Gasteiger partial charge on any atom is 0.284 e. The monoisotopic (exact) mass is 360 g/mol. The highest BCUT2D eigenvalue weighted by Crippen LogP contribution is 2.28. The van der Waals surface area contributed by atoms with Crippen LogP contribution in [0.4, 0.5) is 0 Å². The van der Waals surface area contributed by atoms with E-state index in [1.807, 2.05) is 29.2 Å². The van der Waals surface area contributed by atoms with E-state index in [4.69, 9.17) is 9.94 Å². The molecule has 0 saturated heterocycles. The third-order valence-electron chi connectivity index (χ3n) is 4.33. The number of nitrogens with one attached hydrogen (secondary N) is 1. The summed E-state index contributed by atoms with van der Waals surface area (Å²) in [7, 11) is 1.63. The van der Waals surface area contributed by atoms with E-state index in [1.165, 1.54) is 11.3 Å². The molecule has 0 saturated carbocycles. The minimum atomic E-state index is -0.503. The van der Waals surface area contributed by atoms with Gasteiger partial charge in [-0.2, -0.15) is 0 Å². The van der Waals surface area contributed by atoms with Crippen molar-refractivity contribution in [2.45, 2.75) is 25.8 Å². The van der Waals surface area contributed by atoms with Crippen molar-refractivity contribution in [2.75, 3.05) is 13.7 Å². The van der Waals surface area contributed by atoms with Crippen molar-refractivity contribution in [1.29, 1.82) is 0 Å². The van der Waals surface area contributed by atoms with Gasteiger partial charge in [-0.25, -0.2) is 5.48 Å². The molecule has 2 amide bonds. The minimum Gasteiger partial charge on any atom is -0.497 e. The number of hydrogen-bond acceptors (Lipinski definition) is 5. The molecule has 3 rings (SSSR count). The predicted octanol–water partition coefficient (Wildman–Crippen LogP) is 2.39. The second-order valence-electron chi connectivity index (χ2n) is 5.91. The largest absolute Gasteiger partial charge is 0.497 e. The number of methoxy groups -OCH3 is 1. The van der Waals surface area contributed by atoms with E-state index in [1.54, 1.807) is 18.7 Å². The van der Waals surface area contributed by atoms with Crippen LogP contribution in [0.1, 0.15) is 32.1 Å². The van der Waals surface area contributed by atoms with Crippen LogP contribution in [-0.2, 0) is 24.2 Å². The number of ether oxygens (including phenoxy) is 1. The number of benzene rings is 1. The van der Waals surface area contributed by atoms with Crippen LogP contribution in [0.3, 0.4) is 0 Å². The Morgan fingerprint density at radius 3 is 2.76 bits per heavy atom. The second-order valence-corrected chi connectivity index (χ2v) is 7.05.